The summed E-state index contributed by atoms with van der Waals surface area (Å²) in [6, 6.07) is 6.19. The third-order valence-corrected chi connectivity index (χ3v) is 14.0. The summed E-state index contributed by atoms with van der Waals surface area (Å²) in [7, 11) is -3.19. The molecule has 6 aliphatic rings. The van der Waals surface area contributed by atoms with Gasteiger partial charge in [-0.25, -0.2) is 12.8 Å². The Balaban J connectivity index is 1.11. The maximum Gasteiger partial charge on any atom is 0.318 e. The van der Waals surface area contributed by atoms with E-state index in [0.29, 0.717) is 50.6 Å². The average Bonchev–Trinajstić information content (AvgIpc) is 3.69. The molecule has 16 heteroatoms. The minimum absolute atomic E-state index is 0.0387. The number of nitrogens with one attached hydrogen (secondary N) is 1. The lowest BCUT2D eigenvalue weighted by Gasteiger charge is -2.37. The van der Waals surface area contributed by atoms with Crippen LogP contribution in [0.2, 0.25) is 5.02 Å². The molecular weight excluding hydrogens is 720 g/mol. The van der Waals surface area contributed by atoms with Gasteiger partial charge in [-0.2, -0.15) is 9.97 Å². The van der Waals surface area contributed by atoms with Gasteiger partial charge in [0.15, 0.2) is 9.84 Å². The summed E-state index contributed by atoms with van der Waals surface area (Å²) in [5.74, 6) is -0.182. The van der Waals surface area contributed by atoms with Gasteiger partial charge in [-0.15, -0.1) is 0 Å². The van der Waals surface area contributed by atoms with E-state index in [1.807, 2.05) is 17.4 Å². The largest absolute Gasteiger partial charge is 0.461 e. The molecule has 51 heavy (non-hydrogen) atoms. The molecular formula is C35H43Cl2FN7O5S+. The highest BCUT2D eigenvalue weighted by atomic mass is 35.5. The molecule has 1 spiro atoms. The van der Waals surface area contributed by atoms with Crippen LogP contribution in [0.5, 0.6) is 6.01 Å². The van der Waals surface area contributed by atoms with Gasteiger partial charge in [0.05, 0.1) is 48.0 Å². The Morgan fingerprint density at radius 1 is 1.14 bits per heavy atom. The van der Waals surface area contributed by atoms with Crippen LogP contribution in [0.1, 0.15) is 54.5 Å². The summed E-state index contributed by atoms with van der Waals surface area (Å²) in [4.78, 5) is 28.9. The Morgan fingerprint density at radius 2 is 1.96 bits per heavy atom. The first-order valence-corrected chi connectivity index (χ1v) is 20.4. The number of hydrogen-bond donors (Lipinski definition) is 2. The zero-order valence-electron chi connectivity index (χ0n) is 28.4. The first-order chi connectivity index (χ1) is 24.5. The molecule has 4 fully saturated rings. The van der Waals surface area contributed by atoms with Gasteiger partial charge in [0.25, 0.3) is 5.91 Å². The summed E-state index contributed by atoms with van der Waals surface area (Å²) in [5, 5.41) is 11.4. The minimum Gasteiger partial charge on any atom is -0.461 e. The highest BCUT2D eigenvalue weighted by Gasteiger charge is 2.50. The molecule has 12 nitrogen and oxygen atoms in total. The van der Waals surface area contributed by atoms with Crippen LogP contribution in [0.4, 0.5) is 10.2 Å². The number of fused-ring (bicyclic) bond motifs is 4. The third-order valence-electron chi connectivity index (χ3n) is 11.6. The van der Waals surface area contributed by atoms with Gasteiger partial charge in [0, 0.05) is 56.0 Å². The number of rotatable bonds is 6. The van der Waals surface area contributed by atoms with Crippen molar-refractivity contribution in [3.8, 4) is 6.01 Å². The van der Waals surface area contributed by atoms with Crippen LogP contribution in [0.3, 0.4) is 0 Å². The molecule has 1 aromatic carbocycles. The number of nitrogens with zero attached hydrogens (tertiary/aromatic N) is 5. The fourth-order valence-corrected chi connectivity index (χ4v) is 10.6. The lowest BCUT2D eigenvalue weighted by Crippen LogP contribution is -2.83. The number of quaternary nitrogens is 1. The first kappa shape index (κ1) is 35.2. The second-order valence-electron chi connectivity index (χ2n) is 14.8. The molecule has 0 saturated carbocycles. The molecule has 3 atom stereocenters. The van der Waals surface area contributed by atoms with Crippen LogP contribution in [-0.4, -0.2) is 115 Å². The fraction of sp³-hybridized carbons (Fsp3) is 0.600. The van der Waals surface area contributed by atoms with E-state index in [1.54, 1.807) is 0 Å². The number of sulfone groups is 1. The number of carbonyl (C=O) groups excluding carboxylic acids is 1. The smallest absolute Gasteiger partial charge is 0.318 e. The highest BCUT2D eigenvalue weighted by Crippen LogP contribution is 2.49. The minimum atomic E-state index is -3.19. The molecule has 6 heterocycles. The predicted molar refractivity (Wildman–Crippen MR) is 190 cm³/mol. The molecule has 274 valence electrons. The van der Waals surface area contributed by atoms with Crippen molar-refractivity contribution in [1.82, 2.24) is 19.8 Å². The predicted octanol–water partition coefficient (Wildman–Crippen LogP) is 2.50. The van der Waals surface area contributed by atoms with Gasteiger partial charge in [0.2, 0.25) is 0 Å². The topological polar surface area (TPSA) is 146 Å². The number of hydrogen-bond acceptors (Lipinski definition) is 10. The molecule has 8 rings (SSSR count). The van der Waals surface area contributed by atoms with Crippen molar-refractivity contribution in [3.05, 3.63) is 56.3 Å². The number of halogens is 3. The van der Waals surface area contributed by atoms with Crippen LogP contribution in [0, 0.1) is 5.41 Å². The Hall–Kier alpha value is -2.88. The Kier molecular flexibility index (Phi) is 9.32. The molecule has 0 radical (unpaired) electrons. The molecule has 0 unspecified atom stereocenters. The first-order valence-electron chi connectivity index (χ1n) is 17.8. The lowest BCUT2D eigenvalue weighted by atomic mass is 9.87. The number of alkyl halides is 1. The Labute approximate surface area is 307 Å². The zero-order valence-corrected chi connectivity index (χ0v) is 30.8. The number of anilines is 1. The number of aromatic nitrogens is 2. The van der Waals surface area contributed by atoms with Gasteiger partial charge in [-0.05, 0) is 49.4 Å². The maximum absolute atomic E-state index is 14.6. The molecule has 1 amide bonds. The van der Waals surface area contributed by atoms with Gasteiger partial charge in [-0.3, -0.25) is 15.1 Å². The number of nitrogens with two attached hydrogens (primary N) is 1. The van der Waals surface area contributed by atoms with Crippen LogP contribution in [-0.2, 0) is 44.4 Å². The van der Waals surface area contributed by atoms with E-state index in [0.717, 1.165) is 66.1 Å². The van der Waals surface area contributed by atoms with Gasteiger partial charge in [0.1, 0.15) is 35.0 Å². The van der Waals surface area contributed by atoms with Crippen molar-refractivity contribution in [2.24, 2.45) is 0 Å². The van der Waals surface area contributed by atoms with E-state index in [1.165, 1.54) is 4.90 Å². The maximum atomic E-state index is 14.6. The monoisotopic (exact) mass is 762 g/mol. The summed E-state index contributed by atoms with van der Waals surface area (Å²) < 4.78 is 51.7. The number of ether oxygens (including phenoxy) is 2. The quantitative estimate of drug-likeness (QED) is 0.424. The fourth-order valence-electron chi connectivity index (χ4n) is 8.90. The summed E-state index contributed by atoms with van der Waals surface area (Å²) in [6.07, 6.45) is 4.30. The van der Waals surface area contributed by atoms with Crippen molar-refractivity contribution in [2.75, 3.05) is 68.8 Å². The number of carbonyl (C=O) groups is 1. The number of benzene rings is 1. The normalized spacial score (nSPS) is 29.7. The van der Waals surface area contributed by atoms with Crippen molar-refractivity contribution < 1.29 is 32.4 Å². The van der Waals surface area contributed by atoms with Crippen LogP contribution in [0.25, 0.3) is 0 Å². The molecule has 3 N–H and O–H groups in total. The third kappa shape index (κ3) is 6.54. The Morgan fingerprint density at radius 3 is 2.78 bits per heavy atom. The van der Waals surface area contributed by atoms with Crippen LogP contribution >= 0.6 is 23.2 Å². The lowest BCUT2D eigenvalue weighted by molar-refractivity contribution is -0.605. The SMILES string of the molecule is N=C(C(=O)N1CCS(=O)(=O)CC1)/C(Cl)=C1/CN(c2nc(OC[C@@]34CCCN3C[C@H](F)C4)nc3c2CO[C@@]2(CCc4c(Cl)cccc42)C3)CCC[NH2+]1. The number of amides is 1. The van der Waals surface area contributed by atoms with Crippen molar-refractivity contribution in [2.45, 2.75) is 68.9 Å². The molecule has 2 aromatic rings. The molecule has 1 aromatic heterocycles. The molecule has 1 aliphatic carbocycles. The molecule has 4 saturated heterocycles. The molecule has 0 bridgehead atoms. The Bertz CT molecular complexity index is 1900. The molecule has 5 aliphatic heterocycles. The average molecular weight is 764 g/mol. The van der Waals surface area contributed by atoms with E-state index in [4.69, 9.17) is 48.1 Å². The van der Waals surface area contributed by atoms with Gasteiger partial charge >= 0.3 is 6.01 Å². The van der Waals surface area contributed by atoms with E-state index < -0.39 is 27.5 Å². The van der Waals surface area contributed by atoms with E-state index in [2.05, 4.69) is 15.9 Å². The standard InChI is InChI=1S/C35H42Cl2FN7O5S/c36-26-5-1-4-25-23(26)6-8-35(25)17-27-24(20-50-35)31(42-33(41-27)49-21-34-7-2-11-45(34)18-22(38)16-34)44-10-3-9-40-28(19-44)29(37)30(39)32(46)43-12-14-51(47,48)15-13-43/h1,4-5,22,39-40H,2-3,6-21H2/p+1/b29-28+,39-30?/t22-,34+,35+/m1/s1. The van der Waals surface area contributed by atoms with E-state index in [9.17, 15) is 17.6 Å². The van der Waals surface area contributed by atoms with Gasteiger partial charge in [-0.1, -0.05) is 35.3 Å². The summed E-state index contributed by atoms with van der Waals surface area (Å²) >= 11 is 13.4. The van der Waals surface area contributed by atoms with Crippen molar-refractivity contribution >= 4 is 50.5 Å². The highest BCUT2D eigenvalue weighted by molar-refractivity contribution is 7.91. The zero-order chi connectivity index (χ0) is 35.5. The van der Waals surface area contributed by atoms with Gasteiger partial charge < -0.3 is 24.6 Å². The van der Waals surface area contributed by atoms with Crippen LogP contribution in [0.15, 0.2) is 28.9 Å². The van der Waals surface area contributed by atoms with Crippen molar-refractivity contribution in [1.29, 1.82) is 5.41 Å². The summed E-state index contributed by atoms with van der Waals surface area (Å²) in [5.41, 5.74) is 3.20. The van der Waals surface area contributed by atoms with Crippen LogP contribution < -0.4 is 15.0 Å². The van der Waals surface area contributed by atoms with E-state index >= 15 is 0 Å². The second-order valence-corrected chi connectivity index (χ2v) is 17.9. The van der Waals surface area contributed by atoms with Crippen molar-refractivity contribution in [3.63, 3.8) is 0 Å². The summed E-state index contributed by atoms with van der Waals surface area (Å²) in [6.45, 7) is 3.54. The van der Waals surface area contributed by atoms with E-state index in [-0.39, 0.29) is 60.0 Å². The second kappa shape index (κ2) is 13.5.